The van der Waals surface area contributed by atoms with E-state index in [2.05, 4.69) is 45.2 Å². The molecule has 0 spiro atoms. The van der Waals surface area contributed by atoms with Crippen LogP contribution in [0.2, 0.25) is 0 Å². The number of aromatic nitrogens is 2. The average Bonchev–Trinajstić information content (AvgIpc) is 3.14. The minimum absolute atomic E-state index is 0.0757. The summed E-state index contributed by atoms with van der Waals surface area (Å²) in [6.45, 7) is 4.33. The van der Waals surface area contributed by atoms with Crippen molar-refractivity contribution >= 4 is 21.8 Å². The molecule has 2 aromatic carbocycles. The summed E-state index contributed by atoms with van der Waals surface area (Å²) in [6.07, 6.45) is 0. The van der Waals surface area contributed by atoms with Crippen LogP contribution >= 0.6 is 15.9 Å². The number of benzene rings is 2. The first-order chi connectivity index (χ1) is 13.0. The van der Waals surface area contributed by atoms with E-state index in [0.717, 1.165) is 10.0 Å². The number of nitrogens with zero attached hydrogens (tertiary/aromatic N) is 2. The normalized spacial score (nSPS) is 10.8. The van der Waals surface area contributed by atoms with E-state index in [0.29, 0.717) is 23.4 Å². The van der Waals surface area contributed by atoms with Crippen LogP contribution in [0.15, 0.2) is 57.5 Å². The predicted molar refractivity (Wildman–Crippen MR) is 105 cm³/mol. The molecule has 0 saturated carbocycles. The van der Waals surface area contributed by atoms with Crippen molar-refractivity contribution < 1.29 is 14.1 Å². The van der Waals surface area contributed by atoms with Gasteiger partial charge in [-0.1, -0.05) is 59.2 Å². The van der Waals surface area contributed by atoms with E-state index in [9.17, 15) is 4.79 Å². The fourth-order valence-electron chi connectivity index (χ4n) is 2.39. The molecule has 6 nitrogen and oxygen atoms in total. The molecule has 0 radical (unpaired) electrons. The van der Waals surface area contributed by atoms with Gasteiger partial charge in [0.15, 0.2) is 6.61 Å². The highest BCUT2D eigenvalue weighted by atomic mass is 79.9. The van der Waals surface area contributed by atoms with Gasteiger partial charge in [0.1, 0.15) is 5.75 Å². The second-order valence-electron chi connectivity index (χ2n) is 6.31. The quantitative estimate of drug-likeness (QED) is 0.604. The molecule has 1 N–H and O–H groups in total. The second kappa shape index (κ2) is 8.81. The van der Waals surface area contributed by atoms with Crippen molar-refractivity contribution in [3.63, 3.8) is 0 Å². The summed E-state index contributed by atoms with van der Waals surface area (Å²) in [5, 5.41) is 6.64. The van der Waals surface area contributed by atoms with Crippen LogP contribution in [-0.4, -0.2) is 22.7 Å². The third-order valence-electron chi connectivity index (χ3n) is 3.90. The van der Waals surface area contributed by atoms with Crippen molar-refractivity contribution in [2.45, 2.75) is 26.3 Å². The van der Waals surface area contributed by atoms with E-state index in [1.165, 1.54) is 5.56 Å². The lowest BCUT2D eigenvalue weighted by Crippen LogP contribution is -2.28. The molecular formula is C20H20BrN3O3. The monoisotopic (exact) mass is 429 g/mol. The highest BCUT2D eigenvalue weighted by Gasteiger charge is 2.10. The highest BCUT2D eigenvalue weighted by molar-refractivity contribution is 9.10. The van der Waals surface area contributed by atoms with Gasteiger partial charge in [0, 0.05) is 10.0 Å². The highest BCUT2D eigenvalue weighted by Crippen LogP contribution is 2.20. The topological polar surface area (TPSA) is 77.2 Å². The zero-order valence-electron chi connectivity index (χ0n) is 15.1. The maximum Gasteiger partial charge on any atom is 0.258 e. The summed E-state index contributed by atoms with van der Waals surface area (Å²) in [5.41, 5.74) is 2.06. The lowest BCUT2D eigenvalue weighted by Gasteiger charge is -2.08. The molecule has 0 fully saturated rings. The van der Waals surface area contributed by atoms with Gasteiger partial charge in [-0.25, -0.2) is 0 Å². The fourth-order valence-corrected chi connectivity index (χ4v) is 2.79. The Bertz CT molecular complexity index is 907. The Morgan fingerprint density at radius 3 is 2.70 bits per heavy atom. The van der Waals surface area contributed by atoms with Crippen LogP contribution < -0.4 is 10.1 Å². The van der Waals surface area contributed by atoms with E-state index in [1.54, 1.807) is 0 Å². The average molecular weight is 430 g/mol. The summed E-state index contributed by atoms with van der Waals surface area (Å²) >= 11 is 3.41. The van der Waals surface area contributed by atoms with Gasteiger partial charge in [0.2, 0.25) is 11.7 Å². The van der Waals surface area contributed by atoms with Crippen molar-refractivity contribution in [1.82, 2.24) is 15.5 Å². The van der Waals surface area contributed by atoms with Gasteiger partial charge in [-0.3, -0.25) is 4.79 Å². The Kier molecular flexibility index (Phi) is 6.24. The van der Waals surface area contributed by atoms with Crippen molar-refractivity contribution in [3.8, 4) is 17.1 Å². The van der Waals surface area contributed by atoms with E-state index >= 15 is 0 Å². The molecule has 1 amide bonds. The lowest BCUT2D eigenvalue weighted by atomic mass is 10.0. The minimum atomic E-state index is -0.259. The molecule has 0 aliphatic heterocycles. The van der Waals surface area contributed by atoms with E-state index in [4.69, 9.17) is 9.26 Å². The van der Waals surface area contributed by atoms with Gasteiger partial charge in [-0.2, -0.15) is 4.98 Å². The first-order valence-electron chi connectivity index (χ1n) is 8.59. The third-order valence-corrected chi connectivity index (χ3v) is 4.40. The van der Waals surface area contributed by atoms with Crippen LogP contribution in [0, 0.1) is 0 Å². The molecule has 0 unspecified atom stereocenters. The molecule has 0 aliphatic carbocycles. The number of hydrogen-bond donors (Lipinski definition) is 1. The molecule has 3 aromatic rings. The van der Waals surface area contributed by atoms with Crippen molar-refractivity contribution in [1.29, 1.82) is 0 Å². The SMILES string of the molecule is CC(C)c1ccc(OCC(=O)NCc2nc(-c3cccc(Br)c3)no2)cc1. The summed E-state index contributed by atoms with van der Waals surface area (Å²) in [5.74, 6) is 1.66. The molecule has 1 heterocycles. The number of rotatable bonds is 7. The van der Waals surface area contributed by atoms with Crippen LogP contribution in [-0.2, 0) is 11.3 Å². The first kappa shape index (κ1) is 19.1. The fraction of sp³-hybridized carbons (Fsp3) is 0.250. The molecule has 0 aliphatic rings. The third kappa shape index (κ3) is 5.40. The summed E-state index contributed by atoms with van der Waals surface area (Å²) in [4.78, 5) is 16.2. The Morgan fingerprint density at radius 2 is 2.00 bits per heavy atom. The van der Waals surface area contributed by atoms with Gasteiger partial charge in [-0.15, -0.1) is 0 Å². The molecule has 7 heteroatoms. The smallest absolute Gasteiger partial charge is 0.258 e. The molecular weight excluding hydrogens is 410 g/mol. The molecule has 140 valence electrons. The van der Waals surface area contributed by atoms with E-state index in [-0.39, 0.29) is 19.1 Å². The number of nitrogens with one attached hydrogen (secondary N) is 1. The molecule has 0 saturated heterocycles. The van der Waals surface area contributed by atoms with E-state index in [1.807, 2.05) is 48.5 Å². The predicted octanol–water partition coefficient (Wildman–Crippen LogP) is 4.32. The summed E-state index contributed by atoms with van der Waals surface area (Å²) < 4.78 is 11.6. The van der Waals surface area contributed by atoms with Gasteiger partial charge in [-0.05, 0) is 35.7 Å². The van der Waals surface area contributed by atoms with Crippen LogP contribution in [0.25, 0.3) is 11.4 Å². The standard InChI is InChI=1S/C20H20BrN3O3/c1-13(2)14-6-8-17(9-7-14)26-12-18(25)22-11-19-23-20(24-27-19)15-4-3-5-16(21)10-15/h3-10,13H,11-12H2,1-2H3,(H,22,25). The Hall–Kier alpha value is -2.67. The molecule has 0 atom stereocenters. The van der Waals surface area contributed by atoms with E-state index < -0.39 is 0 Å². The van der Waals surface area contributed by atoms with Crippen LogP contribution in [0.4, 0.5) is 0 Å². The minimum Gasteiger partial charge on any atom is -0.484 e. The number of amides is 1. The molecule has 27 heavy (non-hydrogen) atoms. The van der Waals surface area contributed by atoms with Gasteiger partial charge < -0.3 is 14.6 Å². The van der Waals surface area contributed by atoms with Crippen LogP contribution in [0.5, 0.6) is 5.75 Å². The van der Waals surface area contributed by atoms with Crippen molar-refractivity contribution in [3.05, 3.63) is 64.5 Å². The number of carbonyl (C=O) groups is 1. The zero-order valence-corrected chi connectivity index (χ0v) is 16.7. The van der Waals surface area contributed by atoms with Gasteiger partial charge in [0.05, 0.1) is 6.54 Å². The van der Waals surface area contributed by atoms with Gasteiger partial charge in [0.25, 0.3) is 5.91 Å². The Balaban J connectivity index is 1.48. The largest absolute Gasteiger partial charge is 0.484 e. The van der Waals surface area contributed by atoms with Gasteiger partial charge >= 0.3 is 0 Å². The number of hydrogen-bond acceptors (Lipinski definition) is 5. The zero-order chi connectivity index (χ0) is 19.2. The van der Waals surface area contributed by atoms with Crippen LogP contribution in [0.1, 0.15) is 31.2 Å². The van der Waals surface area contributed by atoms with Crippen LogP contribution in [0.3, 0.4) is 0 Å². The van der Waals surface area contributed by atoms with Crippen molar-refractivity contribution in [2.24, 2.45) is 0 Å². The number of carbonyl (C=O) groups excluding carboxylic acids is 1. The Morgan fingerprint density at radius 1 is 1.22 bits per heavy atom. The second-order valence-corrected chi connectivity index (χ2v) is 7.23. The first-order valence-corrected chi connectivity index (χ1v) is 9.38. The maximum atomic E-state index is 12.0. The number of ether oxygens (including phenoxy) is 1. The van der Waals surface area contributed by atoms with Crippen molar-refractivity contribution in [2.75, 3.05) is 6.61 Å². The molecule has 3 rings (SSSR count). The maximum absolute atomic E-state index is 12.0. The number of halogens is 1. The lowest BCUT2D eigenvalue weighted by molar-refractivity contribution is -0.123. The Labute approximate surface area is 166 Å². The summed E-state index contributed by atoms with van der Waals surface area (Å²) in [6, 6.07) is 15.3. The molecule has 0 bridgehead atoms. The molecule has 1 aromatic heterocycles. The summed E-state index contributed by atoms with van der Waals surface area (Å²) in [7, 11) is 0.